The van der Waals surface area contributed by atoms with Crippen molar-refractivity contribution >= 4 is 11.6 Å². The van der Waals surface area contributed by atoms with Crippen molar-refractivity contribution in [1.29, 1.82) is 0 Å². The third kappa shape index (κ3) is 2.20. The molecule has 0 radical (unpaired) electrons. The monoisotopic (exact) mass is 252 g/mol. The summed E-state index contributed by atoms with van der Waals surface area (Å²) in [6.45, 7) is 7.56. The fraction of sp³-hybridized carbons (Fsp3) is 0.667. The zero-order chi connectivity index (χ0) is 13.3. The van der Waals surface area contributed by atoms with Gasteiger partial charge in [0.1, 0.15) is 5.69 Å². The summed E-state index contributed by atoms with van der Waals surface area (Å²) in [5, 5.41) is 7.24. The van der Waals surface area contributed by atoms with Crippen LogP contribution in [0.2, 0.25) is 0 Å². The lowest BCUT2D eigenvalue weighted by Gasteiger charge is -2.23. The van der Waals surface area contributed by atoms with E-state index in [1.165, 1.54) is 0 Å². The molecule has 6 nitrogen and oxygen atoms in total. The lowest BCUT2D eigenvalue weighted by molar-refractivity contribution is 0.0880. The molecule has 1 aromatic heterocycles. The van der Waals surface area contributed by atoms with Gasteiger partial charge < -0.3 is 15.8 Å². The third-order valence-corrected chi connectivity index (χ3v) is 3.32. The van der Waals surface area contributed by atoms with E-state index in [4.69, 9.17) is 10.5 Å². The zero-order valence-electron chi connectivity index (χ0n) is 11.1. The molecule has 1 amide bonds. The van der Waals surface area contributed by atoms with Crippen LogP contribution < -0.4 is 11.1 Å². The lowest BCUT2D eigenvalue weighted by Crippen LogP contribution is -2.47. The van der Waals surface area contributed by atoms with Crippen molar-refractivity contribution in [2.24, 2.45) is 0 Å². The van der Waals surface area contributed by atoms with Gasteiger partial charge in [0.05, 0.1) is 23.5 Å². The van der Waals surface area contributed by atoms with Crippen molar-refractivity contribution in [3.8, 4) is 0 Å². The van der Waals surface area contributed by atoms with Gasteiger partial charge in [-0.2, -0.15) is 5.10 Å². The maximum Gasteiger partial charge on any atom is 0.272 e. The minimum atomic E-state index is -0.305. The summed E-state index contributed by atoms with van der Waals surface area (Å²) < 4.78 is 6.96. The first-order valence-electron chi connectivity index (χ1n) is 6.20. The number of hydrogen-bond acceptors (Lipinski definition) is 4. The lowest BCUT2D eigenvalue weighted by atomic mass is 10.0. The molecule has 0 aromatic carbocycles. The van der Waals surface area contributed by atoms with Gasteiger partial charge in [-0.3, -0.25) is 9.48 Å². The second kappa shape index (κ2) is 4.61. The van der Waals surface area contributed by atoms with Crippen molar-refractivity contribution < 1.29 is 9.53 Å². The number of carbonyl (C=O) groups is 1. The Bertz CT molecular complexity index is 461. The van der Waals surface area contributed by atoms with Crippen molar-refractivity contribution in [3.63, 3.8) is 0 Å². The number of amides is 1. The molecule has 6 heteroatoms. The van der Waals surface area contributed by atoms with Gasteiger partial charge in [-0.15, -0.1) is 0 Å². The number of aryl methyl sites for hydroxylation is 2. The van der Waals surface area contributed by atoms with Crippen LogP contribution in [0.3, 0.4) is 0 Å². The molecular weight excluding hydrogens is 232 g/mol. The molecule has 1 fully saturated rings. The number of aromatic nitrogens is 2. The second-order valence-corrected chi connectivity index (χ2v) is 4.98. The number of ether oxygens (including phenoxy) is 1. The maximum absolute atomic E-state index is 12.3. The van der Waals surface area contributed by atoms with Gasteiger partial charge in [0, 0.05) is 13.2 Å². The van der Waals surface area contributed by atoms with Gasteiger partial charge in [0.2, 0.25) is 0 Å². The SMILES string of the molecule is CCn1nc(C)c(N)c1C(=O)NC1(C)CCOC1. The average molecular weight is 252 g/mol. The normalized spacial score (nSPS) is 23.3. The van der Waals surface area contributed by atoms with E-state index in [2.05, 4.69) is 10.4 Å². The van der Waals surface area contributed by atoms with Crippen LogP contribution in [0.4, 0.5) is 5.69 Å². The van der Waals surface area contributed by atoms with Crippen LogP contribution in [0.25, 0.3) is 0 Å². The average Bonchev–Trinajstić information content (AvgIpc) is 2.84. The topological polar surface area (TPSA) is 82.2 Å². The Hall–Kier alpha value is -1.56. The van der Waals surface area contributed by atoms with Crippen molar-refractivity contribution in [2.45, 2.75) is 39.3 Å². The van der Waals surface area contributed by atoms with E-state index in [-0.39, 0.29) is 11.4 Å². The first-order chi connectivity index (χ1) is 8.47. The molecule has 0 saturated carbocycles. The summed E-state index contributed by atoms with van der Waals surface area (Å²) in [6.07, 6.45) is 0.817. The second-order valence-electron chi connectivity index (χ2n) is 4.98. The molecule has 1 atom stereocenters. The first kappa shape index (κ1) is 12.9. The molecule has 0 bridgehead atoms. The highest BCUT2D eigenvalue weighted by Crippen LogP contribution is 2.21. The molecule has 1 unspecified atom stereocenters. The fourth-order valence-electron chi connectivity index (χ4n) is 2.16. The molecular formula is C12H20N4O2. The van der Waals surface area contributed by atoms with Crippen molar-refractivity contribution in [2.75, 3.05) is 18.9 Å². The molecule has 1 saturated heterocycles. The number of hydrogen-bond donors (Lipinski definition) is 2. The van der Waals surface area contributed by atoms with Crippen LogP contribution in [0, 0.1) is 6.92 Å². The number of nitrogen functional groups attached to an aromatic ring is 1. The summed E-state index contributed by atoms with van der Waals surface area (Å²) in [7, 11) is 0. The number of rotatable bonds is 3. The minimum Gasteiger partial charge on any atom is -0.395 e. The zero-order valence-corrected chi connectivity index (χ0v) is 11.1. The molecule has 18 heavy (non-hydrogen) atoms. The predicted octanol–water partition coefficient (Wildman–Crippen LogP) is 0.702. The van der Waals surface area contributed by atoms with Gasteiger partial charge in [0.25, 0.3) is 5.91 Å². The van der Waals surface area contributed by atoms with Crippen LogP contribution in [0.15, 0.2) is 0 Å². The molecule has 0 aliphatic carbocycles. The molecule has 1 aromatic rings. The van der Waals surface area contributed by atoms with Crippen molar-refractivity contribution in [1.82, 2.24) is 15.1 Å². The Labute approximate surface area is 106 Å². The maximum atomic E-state index is 12.3. The quantitative estimate of drug-likeness (QED) is 0.829. The highest BCUT2D eigenvalue weighted by molar-refractivity contribution is 5.98. The Morgan fingerprint density at radius 1 is 1.67 bits per heavy atom. The summed E-state index contributed by atoms with van der Waals surface area (Å²) in [6, 6.07) is 0. The summed E-state index contributed by atoms with van der Waals surface area (Å²) in [5.41, 5.74) is 7.21. The van der Waals surface area contributed by atoms with E-state index in [1.807, 2.05) is 13.8 Å². The molecule has 1 aliphatic heterocycles. The minimum absolute atomic E-state index is 0.178. The van der Waals surface area contributed by atoms with Crippen LogP contribution in [0.1, 0.15) is 36.5 Å². The van der Waals surface area contributed by atoms with Crippen LogP contribution in [-0.2, 0) is 11.3 Å². The predicted molar refractivity (Wildman–Crippen MR) is 68.4 cm³/mol. The summed E-state index contributed by atoms with van der Waals surface area (Å²) in [4.78, 5) is 12.3. The number of nitrogens with two attached hydrogens (primary N) is 1. The summed E-state index contributed by atoms with van der Waals surface area (Å²) >= 11 is 0. The van der Waals surface area contributed by atoms with E-state index in [1.54, 1.807) is 11.6 Å². The number of nitrogens with one attached hydrogen (secondary N) is 1. The van der Waals surface area contributed by atoms with E-state index >= 15 is 0 Å². The molecule has 2 rings (SSSR count). The van der Waals surface area contributed by atoms with Crippen molar-refractivity contribution in [3.05, 3.63) is 11.4 Å². The highest BCUT2D eigenvalue weighted by Gasteiger charge is 2.33. The Kier molecular flexibility index (Phi) is 3.30. The van der Waals surface area contributed by atoms with E-state index < -0.39 is 0 Å². The van der Waals surface area contributed by atoms with Crippen LogP contribution in [0.5, 0.6) is 0 Å². The van der Waals surface area contributed by atoms with Gasteiger partial charge in [-0.25, -0.2) is 0 Å². The van der Waals surface area contributed by atoms with Crippen LogP contribution in [-0.4, -0.2) is 34.4 Å². The van der Waals surface area contributed by atoms with E-state index in [0.29, 0.717) is 36.8 Å². The van der Waals surface area contributed by atoms with E-state index in [9.17, 15) is 4.79 Å². The molecule has 3 N–H and O–H groups in total. The van der Waals surface area contributed by atoms with Crippen LogP contribution >= 0.6 is 0 Å². The van der Waals surface area contributed by atoms with E-state index in [0.717, 1.165) is 6.42 Å². The molecule has 0 spiro atoms. The Morgan fingerprint density at radius 2 is 2.39 bits per heavy atom. The standard InChI is InChI=1S/C12H20N4O2/c1-4-16-10(9(13)8(2)15-16)11(17)14-12(3)5-6-18-7-12/h4-7,13H2,1-3H3,(H,14,17). The Balaban J connectivity index is 2.23. The van der Waals surface area contributed by atoms with Gasteiger partial charge in [-0.05, 0) is 27.2 Å². The number of anilines is 1. The largest absolute Gasteiger partial charge is 0.395 e. The smallest absolute Gasteiger partial charge is 0.272 e. The van der Waals surface area contributed by atoms with Gasteiger partial charge >= 0.3 is 0 Å². The molecule has 1 aliphatic rings. The Morgan fingerprint density at radius 3 is 2.94 bits per heavy atom. The fourth-order valence-corrected chi connectivity index (χ4v) is 2.16. The number of carbonyl (C=O) groups excluding carboxylic acids is 1. The first-order valence-corrected chi connectivity index (χ1v) is 6.20. The summed E-state index contributed by atoms with van der Waals surface area (Å²) in [5.74, 6) is -0.178. The number of nitrogens with zero attached hydrogens (tertiary/aromatic N) is 2. The third-order valence-electron chi connectivity index (χ3n) is 3.32. The molecule has 100 valence electrons. The van der Waals surface area contributed by atoms with Gasteiger partial charge in [-0.1, -0.05) is 0 Å². The highest BCUT2D eigenvalue weighted by atomic mass is 16.5. The van der Waals surface area contributed by atoms with Gasteiger partial charge in [0.15, 0.2) is 0 Å². The molecule has 2 heterocycles.